The van der Waals surface area contributed by atoms with Crippen LogP contribution in [0.15, 0.2) is 0 Å². The third-order valence-corrected chi connectivity index (χ3v) is 3.79. The summed E-state index contributed by atoms with van der Waals surface area (Å²) in [6.07, 6.45) is 1.88. The fourth-order valence-electron chi connectivity index (χ4n) is 3.23. The van der Waals surface area contributed by atoms with Crippen molar-refractivity contribution in [2.24, 2.45) is 5.41 Å². The Hall–Kier alpha value is -0.160. The molecule has 0 bridgehead atoms. The van der Waals surface area contributed by atoms with Crippen molar-refractivity contribution >= 4 is 0 Å². The van der Waals surface area contributed by atoms with E-state index in [9.17, 15) is 0 Å². The molecule has 100 valence electrons. The van der Waals surface area contributed by atoms with E-state index in [0.717, 1.165) is 39.4 Å². The van der Waals surface area contributed by atoms with E-state index in [0.29, 0.717) is 17.6 Å². The molecular formula is C13H26N2O2. The molecule has 3 atom stereocenters. The van der Waals surface area contributed by atoms with Gasteiger partial charge in [0.25, 0.3) is 0 Å². The van der Waals surface area contributed by atoms with Gasteiger partial charge in [-0.2, -0.15) is 0 Å². The van der Waals surface area contributed by atoms with Gasteiger partial charge in [0.1, 0.15) is 0 Å². The zero-order valence-corrected chi connectivity index (χ0v) is 11.4. The Morgan fingerprint density at radius 1 is 1.29 bits per heavy atom. The van der Waals surface area contributed by atoms with Crippen molar-refractivity contribution in [3.63, 3.8) is 0 Å². The molecule has 17 heavy (non-hydrogen) atoms. The number of hydrogen-bond acceptors (Lipinski definition) is 4. The largest absolute Gasteiger partial charge is 0.381 e. The van der Waals surface area contributed by atoms with E-state index >= 15 is 0 Å². The monoisotopic (exact) mass is 242 g/mol. The average molecular weight is 242 g/mol. The molecule has 2 aliphatic rings. The van der Waals surface area contributed by atoms with Crippen LogP contribution < -0.4 is 5.32 Å². The number of rotatable bonds is 4. The zero-order valence-electron chi connectivity index (χ0n) is 11.4. The molecule has 0 aromatic rings. The minimum atomic E-state index is 0.311. The Labute approximate surface area is 105 Å². The normalized spacial score (nSPS) is 39.7. The Balaban J connectivity index is 1.93. The Kier molecular flexibility index (Phi) is 4.42. The smallest absolute Gasteiger partial charge is 0.0678 e. The highest BCUT2D eigenvalue weighted by Crippen LogP contribution is 2.30. The third-order valence-electron chi connectivity index (χ3n) is 3.79. The van der Waals surface area contributed by atoms with E-state index in [2.05, 4.69) is 24.1 Å². The second-order valence-electron chi connectivity index (χ2n) is 5.78. The van der Waals surface area contributed by atoms with Crippen molar-refractivity contribution in [1.82, 2.24) is 10.2 Å². The predicted octanol–water partition coefficient (Wildman–Crippen LogP) is 0.722. The van der Waals surface area contributed by atoms with Crippen molar-refractivity contribution in [3.8, 4) is 0 Å². The number of nitrogens with one attached hydrogen (secondary N) is 1. The van der Waals surface area contributed by atoms with Gasteiger partial charge in [0, 0.05) is 38.2 Å². The molecule has 2 rings (SSSR count). The molecule has 0 aliphatic carbocycles. The van der Waals surface area contributed by atoms with Gasteiger partial charge in [-0.1, -0.05) is 0 Å². The van der Waals surface area contributed by atoms with E-state index < -0.39 is 0 Å². The number of nitrogens with zero attached hydrogens (tertiary/aromatic N) is 1. The van der Waals surface area contributed by atoms with Crippen LogP contribution in [0, 0.1) is 5.41 Å². The molecule has 0 aromatic heterocycles. The van der Waals surface area contributed by atoms with Crippen LogP contribution in [0.2, 0.25) is 0 Å². The van der Waals surface area contributed by atoms with Crippen LogP contribution in [0.3, 0.4) is 0 Å². The molecule has 4 heteroatoms. The molecule has 0 aromatic carbocycles. The first-order chi connectivity index (χ1) is 8.13. The van der Waals surface area contributed by atoms with Crippen molar-refractivity contribution in [1.29, 1.82) is 0 Å². The molecule has 0 amide bonds. The zero-order chi connectivity index (χ0) is 12.3. The van der Waals surface area contributed by atoms with Gasteiger partial charge in [-0.25, -0.2) is 0 Å². The highest BCUT2D eigenvalue weighted by molar-refractivity contribution is 4.89. The Bertz CT molecular complexity index is 232. The van der Waals surface area contributed by atoms with E-state index in [1.165, 1.54) is 6.42 Å². The predicted molar refractivity (Wildman–Crippen MR) is 68.2 cm³/mol. The summed E-state index contributed by atoms with van der Waals surface area (Å²) < 4.78 is 11.4. The van der Waals surface area contributed by atoms with Gasteiger partial charge in [-0.3, -0.25) is 4.90 Å². The number of morpholine rings is 1. The van der Waals surface area contributed by atoms with Gasteiger partial charge in [-0.15, -0.1) is 0 Å². The lowest BCUT2D eigenvalue weighted by Crippen LogP contribution is -2.51. The fraction of sp³-hybridized carbons (Fsp3) is 1.00. The van der Waals surface area contributed by atoms with E-state index in [1.807, 2.05) is 7.05 Å². The summed E-state index contributed by atoms with van der Waals surface area (Å²) in [5, 5.41) is 3.32. The first kappa shape index (κ1) is 13.3. The molecule has 2 aliphatic heterocycles. The minimum Gasteiger partial charge on any atom is -0.381 e. The quantitative estimate of drug-likeness (QED) is 0.788. The van der Waals surface area contributed by atoms with Gasteiger partial charge >= 0.3 is 0 Å². The topological polar surface area (TPSA) is 33.7 Å². The molecule has 0 spiro atoms. The summed E-state index contributed by atoms with van der Waals surface area (Å²) in [4.78, 5) is 2.55. The van der Waals surface area contributed by atoms with Crippen molar-refractivity contribution in [2.45, 2.75) is 32.5 Å². The maximum atomic E-state index is 5.79. The number of hydrogen-bond donors (Lipinski definition) is 1. The highest BCUT2D eigenvalue weighted by Gasteiger charge is 2.37. The fourth-order valence-corrected chi connectivity index (χ4v) is 3.23. The summed E-state index contributed by atoms with van der Waals surface area (Å²) in [6, 6.07) is 0. The Morgan fingerprint density at radius 2 is 2.00 bits per heavy atom. The standard InChI is InChI=1S/C13H26N2O2/c1-11-6-15(7-12(2)17-11)9-13(8-14-3)4-5-16-10-13/h11-12,14H,4-10H2,1-3H3. The van der Waals surface area contributed by atoms with Crippen LogP contribution in [-0.4, -0.2) is 63.5 Å². The summed E-state index contributed by atoms with van der Waals surface area (Å²) in [6.45, 7) is 10.4. The van der Waals surface area contributed by atoms with E-state index in [4.69, 9.17) is 9.47 Å². The third kappa shape index (κ3) is 3.41. The SMILES string of the molecule is CNCC1(CN2CC(C)OC(C)C2)CCOC1. The van der Waals surface area contributed by atoms with Gasteiger partial charge in [-0.05, 0) is 27.3 Å². The maximum absolute atomic E-state index is 5.79. The lowest BCUT2D eigenvalue weighted by Gasteiger charge is -2.40. The van der Waals surface area contributed by atoms with Crippen molar-refractivity contribution < 1.29 is 9.47 Å². The van der Waals surface area contributed by atoms with Crippen molar-refractivity contribution in [2.75, 3.05) is 46.4 Å². The molecule has 1 N–H and O–H groups in total. The molecule has 2 saturated heterocycles. The second kappa shape index (κ2) is 5.65. The molecule has 2 fully saturated rings. The van der Waals surface area contributed by atoms with Gasteiger partial charge < -0.3 is 14.8 Å². The van der Waals surface area contributed by atoms with Crippen LogP contribution in [0.1, 0.15) is 20.3 Å². The lowest BCUT2D eigenvalue weighted by atomic mass is 9.86. The molecule has 3 unspecified atom stereocenters. The van der Waals surface area contributed by atoms with Gasteiger partial charge in [0.15, 0.2) is 0 Å². The molecule has 4 nitrogen and oxygen atoms in total. The van der Waals surface area contributed by atoms with Crippen LogP contribution in [0.25, 0.3) is 0 Å². The van der Waals surface area contributed by atoms with Crippen LogP contribution >= 0.6 is 0 Å². The molecule has 2 heterocycles. The van der Waals surface area contributed by atoms with Gasteiger partial charge in [0.05, 0.1) is 18.8 Å². The molecular weight excluding hydrogens is 216 g/mol. The highest BCUT2D eigenvalue weighted by atomic mass is 16.5. The Morgan fingerprint density at radius 3 is 2.53 bits per heavy atom. The minimum absolute atomic E-state index is 0.311. The summed E-state index contributed by atoms with van der Waals surface area (Å²) in [7, 11) is 2.03. The first-order valence-corrected chi connectivity index (χ1v) is 6.74. The average Bonchev–Trinajstić information content (AvgIpc) is 2.65. The molecule has 0 saturated carbocycles. The molecule has 0 radical (unpaired) electrons. The maximum Gasteiger partial charge on any atom is 0.0678 e. The van der Waals surface area contributed by atoms with Gasteiger partial charge in [0.2, 0.25) is 0 Å². The van der Waals surface area contributed by atoms with Crippen LogP contribution in [-0.2, 0) is 9.47 Å². The summed E-state index contributed by atoms with van der Waals surface area (Å²) in [5.41, 5.74) is 0.311. The number of ether oxygens (including phenoxy) is 2. The van der Waals surface area contributed by atoms with Crippen LogP contribution in [0.4, 0.5) is 0 Å². The van der Waals surface area contributed by atoms with E-state index in [-0.39, 0.29) is 0 Å². The van der Waals surface area contributed by atoms with E-state index in [1.54, 1.807) is 0 Å². The first-order valence-electron chi connectivity index (χ1n) is 6.74. The lowest BCUT2D eigenvalue weighted by molar-refractivity contribution is -0.0779. The van der Waals surface area contributed by atoms with Crippen LogP contribution in [0.5, 0.6) is 0 Å². The summed E-state index contributed by atoms with van der Waals surface area (Å²) >= 11 is 0. The van der Waals surface area contributed by atoms with Crippen molar-refractivity contribution in [3.05, 3.63) is 0 Å². The second-order valence-corrected chi connectivity index (χ2v) is 5.78. The summed E-state index contributed by atoms with van der Waals surface area (Å²) in [5.74, 6) is 0.